The summed E-state index contributed by atoms with van der Waals surface area (Å²) in [6, 6.07) is 10.8. The minimum absolute atomic E-state index is 0.370. The Morgan fingerprint density at radius 2 is 1.87 bits per heavy atom. The van der Waals surface area contributed by atoms with Crippen LogP contribution in [0.4, 0.5) is 0 Å². The van der Waals surface area contributed by atoms with E-state index in [1.165, 1.54) is 12.7 Å². The first-order chi connectivity index (χ1) is 11.3. The summed E-state index contributed by atoms with van der Waals surface area (Å²) >= 11 is 0. The number of methoxy groups -OCH3 is 1. The molecule has 0 aliphatic rings. The Morgan fingerprint density at radius 3 is 2.57 bits per heavy atom. The molecule has 0 aliphatic heterocycles. The molecule has 0 amide bonds. The topological polar surface area (TPSA) is 82.8 Å². The van der Waals surface area contributed by atoms with Crippen molar-refractivity contribution in [2.24, 2.45) is 0 Å². The Morgan fingerprint density at radius 1 is 1.13 bits per heavy atom. The zero-order valence-corrected chi connectivity index (χ0v) is 12.6. The lowest BCUT2D eigenvalue weighted by atomic mass is 10.1. The molecule has 2 aromatic heterocycles. The number of hydrogen-bond donors (Lipinski definition) is 0. The van der Waals surface area contributed by atoms with Crippen LogP contribution in [0.25, 0.3) is 11.4 Å². The average Bonchev–Trinajstić information content (AvgIpc) is 3.09. The van der Waals surface area contributed by atoms with E-state index in [1.807, 2.05) is 12.1 Å². The number of rotatable bonds is 5. The van der Waals surface area contributed by atoms with E-state index in [4.69, 9.17) is 0 Å². The third kappa shape index (κ3) is 3.57. The second-order valence-corrected chi connectivity index (χ2v) is 4.88. The van der Waals surface area contributed by atoms with Crippen LogP contribution in [0, 0.1) is 0 Å². The van der Waals surface area contributed by atoms with Crippen LogP contribution in [0.3, 0.4) is 0 Å². The largest absolute Gasteiger partial charge is 0.465 e. The molecule has 3 rings (SSSR count). The molecule has 0 bridgehead atoms. The fourth-order valence-corrected chi connectivity index (χ4v) is 2.11. The monoisotopic (exact) mass is 309 g/mol. The van der Waals surface area contributed by atoms with Crippen LogP contribution >= 0.6 is 0 Å². The highest BCUT2D eigenvalue weighted by Crippen LogP contribution is 2.15. The van der Waals surface area contributed by atoms with E-state index in [0.29, 0.717) is 17.9 Å². The third-order valence-corrected chi connectivity index (χ3v) is 3.37. The standard InChI is InChI=1S/C16H15N5O2/c1-23-16(22)14-4-2-13(3-5-14)15-18-20-21(19-15)11-8-12-6-9-17-10-7-12/h2-7,9-10H,8,11H2,1H3. The van der Waals surface area contributed by atoms with Gasteiger partial charge in [0.05, 0.1) is 19.2 Å². The summed E-state index contributed by atoms with van der Waals surface area (Å²) in [5.74, 6) is 0.154. The van der Waals surface area contributed by atoms with Gasteiger partial charge >= 0.3 is 5.97 Å². The molecule has 0 saturated heterocycles. The molecule has 0 atom stereocenters. The number of benzene rings is 1. The normalized spacial score (nSPS) is 10.5. The minimum Gasteiger partial charge on any atom is -0.465 e. The number of nitrogens with zero attached hydrogens (tertiary/aromatic N) is 5. The number of carbonyl (C=O) groups is 1. The van der Waals surface area contributed by atoms with Gasteiger partial charge < -0.3 is 4.74 Å². The van der Waals surface area contributed by atoms with Crippen LogP contribution in [0.15, 0.2) is 48.8 Å². The second-order valence-electron chi connectivity index (χ2n) is 4.88. The maximum absolute atomic E-state index is 11.4. The summed E-state index contributed by atoms with van der Waals surface area (Å²) in [7, 11) is 1.35. The minimum atomic E-state index is -0.370. The number of aromatic nitrogens is 5. The molecule has 7 nitrogen and oxygen atoms in total. The summed E-state index contributed by atoms with van der Waals surface area (Å²) in [5, 5.41) is 12.4. The van der Waals surface area contributed by atoms with Gasteiger partial charge in [-0.2, -0.15) is 4.80 Å². The number of carbonyl (C=O) groups excluding carboxylic acids is 1. The van der Waals surface area contributed by atoms with Gasteiger partial charge in [0.25, 0.3) is 0 Å². The number of ether oxygens (including phenoxy) is 1. The van der Waals surface area contributed by atoms with Gasteiger partial charge in [0.15, 0.2) is 0 Å². The highest BCUT2D eigenvalue weighted by molar-refractivity contribution is 5.89. The van der Waals surface area contributed by atoms with Gasteiger partial charge in [-0.1, -0.05) is 12.1 Å². The maximum atomic E-state index is 11.4. The van der Waals surface area contributed by atoms with Gasteiger partial charge in [-0.05, 0) is 41.5 Å². The van der Waals surface area contributed by atoms with E-state index in [1.54, 1.807) is 41.5 Å². The summed E-state index contributed by atoms with van der Waals surface area (Å²) < 4.78 is 4.67. The van der Waals surface area contributed by atoms with Crippen molar-refractivity contribution >= 4 is 5.97 Å². The molecule has 0 spiro atoms. The van der Waals surface area contributed by atoms with Gasteiger partial charge in [-0.25, -0.2) is 4.79 Å². The number of hydrogen-bond acceptors (Lipinski definition) is 6. The summed E-state index contributed by atoms with van der Waals surface area (Å²) in [6.45, 7) is 0.636. The van der Waals surface area contributed by atoms with Crippen molar-refractivity contribution in [3.63, 3.8) is 0 Å². The molecule has 0 saturated carbocycles. The number of aryl methyl sites for hydroxylation is 2. The highest BCUT2D eigenvalue weighted by Gasteiger charge is 2.09. The van der Waals surface area contributed by atoms with Crippen LogP contribution in [0.1, 0.15) is 15.9 Å². The maximum Gasteiger partial charge on any atom is 0.337 e. The summed E-state index contributed by atoms with van der Waals surface area (Å²) in [5.41, 5.74) is 2.45. The van der Waals surface area contributed by atoms with Crippen molar-refractivity contribution in [1.29, 1.82) is 0 Å². The zero-order valence-electron chi connectivity index (χ0n) is 12.6. The molecule has 7 heteroatoms. The lowest BCUT2D eigenvalue weighted by Crippen LogP contribution is -2.05. The Kier molecular flexibility index (Phi) is 4.37. The van der Waals surface area contributed by atoms with Crippen LogP contribution in [-0.2, 0) is 17.7 Å². The van der Waals surface area contributed by atoms with Crippen molar-refractivity contribution < 1.29 is 9.53 Å². The SMILES string of the molecule is COC(=O)c1ccc(-c2nnn(CCc3ccncc3)n2)cc1. The predicted octanol–water partition coefficient (Wildman–Crippen LogP) is 1.76. The number of pyridine rings is 1. The van der Waals surface area contributed by atoms with E-state index in [9.17, 15) is 4.79 Å². The van der Waals surface area contributed by atoms with Crippen molar-refractivity contribution in [3.8, 4) is 11.4 Å². The quantitative estimate of drug-likeness (QED) is 0.668. The van der Waals surface area contributed by atoms with Crippen LogP contribution in [-0.4, -0.2) is 38.3 Å². The Labute approximate surface area is 132 Å². The molecule has 0 aliphatic carbocycles. The lowest BCUT2D eigenvalue weighted by molar-refractivity contribution is 0.0601. The first-order valence-electron chi connectivity index (χ1n) is 7.12. The molecule has 23 heavy (non-hydrogen) atoms. The molecule has 0 unspecified atom stereocenters. The fourth-order valence-electron chi connectivity index (χ4n) is 2.11. The molecule has 0 N–H and O–H groups in total. The second kappa shape index (κ2) is 6.78. The average molecular weight is 309 g/mol. The van der Waals surface area contributed by atoms with Crippen LogP contribution in [0.5, 0.6) is 0 Å². The van der Waals surface area contributed by atoms with Crippen LogP contribution < -0.4 is 0 Å². The Bertz CT molecular complexity index is 784. The van der Waals surface area contributed by atoms with Gasteiger partial charge in [0.1, 0.15) is 0 Å². The number of tetrazole rings is 1. The molecule has 0 radical (unpaired) electrons. The molecular formula is C16H15N5O2. The van der Waals surface area contributed by atoms with Crippen molar-refractivity contribution in [2.75, 3.05) is 7.11 Å². The van der Waals surface area contributed by atoms with Gasteiger partial charge in [0.2, 0.25) is 5.82 Å². The third-order valence-electron chi connectivity index (χ3n) is 3.37. The molecule has 3 aromatic rings. The summed E-state index contributed by atoms with van der Waals surface area (Å²) in [4.78, 5) is 17.0. The number of esters is 1. The fraction of sp³-hybridized carbons (Fsp3) is 0.188. The van der Waals surface area contributed by atoms with E-state index in [-0.39, 0.29) is 5.97 Å². The van der Waals surface area contributed by atoms with Gasteiger partial charge in [-0.15, -0.1) is 10.2 Å². The molecule has 2 heterocycles. The highest BCUT2D eigenvalue weighted by atomic mass is 16.5. The predicted molar refractivity (Wildman–Crippen MR) is 82.5 cm³/mol. The van der Waals surface area contributed by atoms with Crippen molar-refractivity contribution in [3.05, 3.63) is 59.9 Å². The molecule has 0 fully saturated rings. The molecule has 1 aromatic carbocycles. The first-order valence-corrected chi connectivity index (χ1v) is 7.12. The Hall–Kier alpha value is -3.09. The first kappa shape index (κ1) is 14.8. The van der Waals surface area contributed by atoms with Crippen molar-refractivity contribution in [2.45, 2.75) is 13.0 Å². The van der Waals surface area contributed by atoms with Gasteiger partial charge in [-0.3, -0.25) is 4.98 Å². The smallest absolute Gasteiger partial charge is 0.337 e. The molecular weight excluding hydrogens is 294 g/mol. The van der Waals surface area contributed by atoms with E-state index in [2.05, 4.69) is 25.1 Å². The van der Waals surface area contributed by atoms with E-state index < -0.39 is 0 Å². The zero-order chi connectivity index (χ0) is 16.1. The van der Waals surface area contributed by atoms with E-state index in [0.717, 1.165) is 12.0 Å². The molecule has 116 valence electrons. The Balaban J connectivity index is 1.68. The van der Waals surface area contributed by atoms with E-state index >= 15 is 0 Å². The summed E-state index contributed by atoms with van der Waals surface area (Å²) in [6.07, 6.45) is 4.33. The lowest BCUT2D eigenvalue weighted by Gasteiger charge is -2.00. The van der Waals surface area contributed by atoms with Crippen LogP contribution in [0.2, 0.25) is 0 Å². The van der Waals surface area contributed by atoms with Gasteiger partial charge in [0, 0.05) is 18.0 Å². The van der Waals surface area contributed by atoms with Crippen molar-refractivity contribution in [1.82, 2.24) is 25.2 Å².